The maximum absolute atomic E-state index is 4.36. The van der Waals surface area contributed by atoms with Gasteiger partial charge in [0, 0.05) is 27.4 Å². The number of halogens is 2. The molecule has 1 N–H and O–H groups in total. The zero-order valence-electron chi connectivity index (χ0n) is 9.03. The average Bonchev–Trinajstić information content (AvgIpc) is 3.05. The van der Waals surface area contributed by atoms with Gasteiger partial charge in [-0.05, 0) is 47.0 Å². The van der Waals surface area contributed by atoms with E-state index in [4.69, 9.17) is 0 Å². The second-order valence-corrected chi connectivity index (χ2v) is 5.91. The summed E-state index contributed by atoms with van der Waals surface area (Å²) >= 11 is 7.01. The number of nitrogens with zero attached hydrogens (tertiary/aromatic N) is 2. The Labute approximate surface area is 117 Å². The van der Waals surface area contributed by atoms with Gasteiger partial charge in [0.15, 0.2) is 0 Å². The van der Waals surface area contributed by atoms with E-state index in [9.17, 15) is 0 Å². The van der Waals surface area contributed by atoms with E-state index in [1.165, 1.54) is 12.8 Å². The molecule has 0 saturated heterocycles. The van der Waals surface area contributed by atoms with Gasteiger partial charge in [-0.1, -0.05) is 15.9 Å². The second-order valence-electron chi connectivity index (χ2n) is 4.14. The first kappa shape index (κ1) is 11.3. The third-order valence-corrected chi connectivity index (χ3v) is 3.97. The topological polar surface area (TPSA) is 29.9 Å². The standard InChI is InChI=1S/C12H11Br2N3/c13-8-1-4-10(14)11(7-8)16-12-15-5-6-17(12)9-2-3-9/h1,4-7,9H,2-3H2,(H,15,16). The van der Waals surface area contributed by atoms with Gasteiger partial charge in [-0.2, -0.15) is 0 Å². The number of hydrogen-bond donors (Lipinski definition) is 1. The maximum Gasteiger partial charge on any atom is 0.207 e. The Bertz CT molecular complexity index is 546. The van der Waals surface area contributed by atoms with Gasteiger partial charge in [0.2, 0.25) is 5.95 Å². The van der Waals surface area contributed by atoms with Crippen molar-refractivity contribution in [3.05, 3.63) is 39.5 Å². The zero-order chi connectivity index (χ0) is 11.8. The molecular weight excluding hydrogens is 346 g/mol. The highest BCUT2D eigenvalue weighted by Gasteiger charge is 2.25. The molecule has 88 valence electrons. The molecule has 0 unspecified atom stereocenters. The van der Waals surface area contributed by atoms with E-state index in [-0.39, 0.29) is 0 Å². The maximum atomic E-state index is 4.36. The molecule has 1 aliphatic carbocycles. The smallest absolute Gasteiger partial charge is 0.207 e. The molecule has 1 fully saturated rings. The molecule has 0 radical (unpaired) electrons. The highest BCUT2D eigenvalue weighted by Crippen LogP contribution is 2.38. The Kier molecular flexibility index (Phi) is 2.96. The molecule has 3 rings (SSSR count). The highest BCUT2D eigenvalue weighted by atomic mass is 79.9. The van der Waals surface area contributed by atoms with Crippen LogP contribution in [-0.2, 0) is 0 Å². The lowest BCUT2D eigenvalue weighted by molar-refractivity contribution is 0.751. The summed E-state index contributed by atoms with van der Waals surface area (Å²) in [6, 6.07) is 6.68. The van der Waals surface area contributed by atoms with Crippen molar-refractivity contribution in [3.8, 4) is 0 Å². The average molecular weight is 357 g/mol. The van der Waals surface area contributed by atoms with Gasteiger partial charge < -0.3 is 9.88 Å². The summed E-state index contributed by atoms with van der Waals surface area (Å²) < 4.78 is 4.28. The van der Waals surface area contributed by atoms with E-state index in [0.29, 0.717) is 6.04 Å². The van der Waals surface area contributed by atoms with Crippen molar-refractivity contribution in [2.24, 2.45) is 0 Å². The number of nitrogens with one attached hydrogen (secondary N) is 1. The van der Waals surface area contributed by atoms with Crippen molar-refractivity contribution in [2.75, 3.05) is 5.32 Å². The summed E-state index contributed by atoms with van der Waals surface area (Å²) in [7, 11) is 0. The Hall–Kier alpha value is -0.810. The van der Waals surface area contributed by atoms with Crippen molar-refractivity contribution < 1.29 is 0 Å². The molecule has 1 heterocycles. The molecule has 1 saturated carbocycles. The molecule has 0 aliphatic heterocycles. The normalized spacial score (nSPS) is 14.9. The molecule has 3 nitrogen and oxygen atoms in total. The third kappa shape index (κ3) is 2.40. The Balaban J connectivity index is 1.90. The van der Waals surface area contributed by atoms with E-state index >= 15 is 0 Å². The van der Waals surface area contributed by atoms with E-state index < -0.39 is 0 Å². The summed E-state index contributed by atoms with van der Waals surface area (Å²) in [4.78, 5) is 4.36. The van der Waals surface area contributed by atoms with E-state index in [1.807, 2.05) is 30.6 Å². The summed E-state index contributed by atoms with van der Waals surface area (Å²) in [6.45, 7) is 0. The molecule has 0 bridgehead atoms. The number of hydrogen-bond acceptors (Lipinski definition) is 2. The first-order chi connectivity index (χ1) is 8.24. The first-order valence-corrected chi connectivity index (χ1v) is 7.07. The first-order valence-electron chi connectivity index (χ1n) is 5.49. The SMILES string of the molecule is Brc1ccc(Br)c(Nc2nccn2C2CC2)c1. The molecule has 1 aromatic carbocycles. The molecular formula is C12H11Br2N3. The van der Waals surface area contributed by atoms with Crippen LogP contribution in [0.4, 0.5) is 11.6 Å². The lowest BCUT2D eigenvalue weighted by atomic mass is 10.3. The molecule has 1 aromatic heterocycles. The molecule has 0 atom stereocenters. The van der Waals surface area contributed by atoms with Gasteiger partial charge in [0.1, 0.15) is 0 Å². The fraction of sp³-hybridized carbons (Fsp3) is 0.250. The van der Waals surface area contributed by atoms with Gasteiger partial charge in [-0.3, -0.25) is 0 Å². The molecule has 5 heteroatoms. The van der Waals surface area contributed by atoms with Crippen LogP contribution in [0.1, 0.15) is 18.9 Å². The predicted octanol–water partition coefficient (Wildman–Crippen LogP) is 4.49. The summed E-state index contributed by atoms with van der Waals surface area (Å²) in [5, 5.41) is 3.36. The fourth-order valence-corrected chi connectivity index (χ4v) is 2.48. The van der Waals surface area contributed by atoms with Crippen LogP contribution in [0.2, 0.25) is 0 Å². The molecule has 0 amide bonds. The number of aromatic nitrogens is 2. The molecule has 1 aliphatic rings. The van der Waals surface area contributed by atoms with Gasteiger partial charge in [-0.25, -0.2) is 4.98 Å². The van der Waals surface area contributed by atoms with Gasteiger partial charge in [0.05, 0.1) is 5.69 Å². The van der Waals surface area contributed by atoms with Crippen LogP contribution in [-0.4, -0.2) is 9.55 Å². The van der Waals surface area contributed by atoms with Crippen molar-refractivity contribution in [1.29, 1.82) is 0 Å². The predicted molar refractivity (Wildman–Crippen MR) is 75.6 cm³/mol. The lowest BCUT2D eigenvalue weighted by Gasteiger charge is -2.10. The van der Waals surface area contributed by atoms with Crippen molar-refractivity contribution in [3.63, 3.8) is 0 Å². The number of rotatable bonds is 3. The van der Waals surface area contributed by atoms with E-state index in [2.05, 4.69) is 46.7 Å². The van der Waals surface area contributed by atoms with Crippen LogP contribution in [0.5, 0.6) is 0 Å². The van der Waals surface area contributed by atoms with Crippen molar-refractivity contribution >= 4 is 43.5 Å². The van der Waals surface area contributed by atoms with E-state index in [1.54, 1.807) is 0 Å². The summed E-state index contributed by atoms with van der Waals surface area (Å²) in [6.07, 6.45) is 6.38. The lowest BCUT2D eigenvalue weighted by Crippen LogP contribution is -2.01. The number of benzene rings is 1. The van der Waals surface area contributed by atoms with Crippen LogP contribution >= 0.6 is 31.9 Å². The number of imidazole rings is 1. The van der Waals surface area contributed by atoms with Crippen molar-refractivity contribution in [1.82, 2.24) is 9.55 Å². The largest absolute Gasteiger partial charge is 0.325 e. The Morgan fingerprint density at radius 1 is 1.29 bits per heavy atom. The van der Waals surface area contributed by atoms with Gasteiger partial charge in [0.25, 0.3) is 0 Å². The minimum atomic E-state index is 0.630. The minimum Gasteiger partial charge on any atom is -0.325 e. The Morgan fingerprint density at radius 3 is 2.88 bits per heavy atom. The quantitative estimate of drug-likeness (QED) is 0.878. The van der Waals surface area contributed by atoms with Gasteiger partial charge in [-0.15, -0.1) is 0 Å². The van der Waals surface area contributed by atoms with Crippen LogP contribution < -0.4 is 5.32 Å². The van der Waals surface area contributed by atoms with Crippen LogP contribution in [0, 0.1) is 0 Å². The second kappa shape index (κ2) is 4.46. The third-order valence-electron chi connectivity index (χ3n) is 2.78. The van der Waals surface area contributed by atoms with Gasteiger partial charge >= 0.3 is 0 Å². The molecule has 2 aromatic rings. The Morgan fingerprint density at radius 2 is 2.12 bits per heavy atom. The van der Waals surface area contributed by atoms with Crippen LogP contribution in [0.15, 0.2) is 39.5 Å². The highest BCUT2D eigenvalue weighted by molar-refractivity contribution is 9.11. The fourth-order valence-electron chi connectivity index (χ4n) is 1.77. The molecule has 0 spiro atoms. The monoisotopic (exact) mass is 355 g/mol. The minimum absolute atomic E-state index is 0.630. The summed E-state index contributed by atoms with van der Waals surface area (Å²) in [5.41, 5.74) is 1.02. The summed E-state index contributed by atoms with van der Waals surface area (Å²) in [5.74, 6) is 0.909. The van der Waals surface area contributed by atoms with Crippen LogP contribution in [0.3, 0.4) is 0 Å². The van der Waals surface area contributed by atoms with E-state index in [0.717, 1.165) is 20.6 Å². The van der Waals surface area contributed by atoms with Crippen molar-refractivity contribution in [2.45, 2.75) is 18.9 Å². The zero-order valence-corrected chi connectivity index (χ0v) is 12.2. The molecule has 17 heavy (non-hydrogen) atoms. The number of anilines is 2. The van der Waals surface area contributed by atoms with Crippen LogP contribution in [0.25, 0.3) is 0 Å².